The summed E-state index contributed by atoms with van der Waals surface area (Å²) < 4.78 is 15.8. The SMILES string of the molecule is CCC(C)c1ccc(C)cc1.CCC(C)c1ccc(O)cc1.CCC(C)c1ccc(OC(C)OCCOC(C)=O)cc1. The van der Waals surface area contributed by atoms with Gasteiger partial charge in [-0.3, -0.25) is 4.79 Å². The monoisotopic (exact) mass is 578 g/mol. The van der Waals surface area contributed by atoms with Crippen molar-refractivity contribution in [2.24, 2.45) is 0 Å². The third-order valence-corrected chi connectivity index (χ3v) is 7.44. The Morgan fingerprint density at radius 3 is 1.48 bits per heavy atom. The average Bonchev–Trinajstić information content (AvgIpc) is 3.00. The first-order valence-electron chi connectivity index (χ1n) is 15.4. The highest BCUT2D eigenvalue weighted by Gasteiger charge is 2.07. The summed E-state index contributed by atoms with van der Waals surface area (Å²) in [5, 5.41) is 9.01. The van der Waals surface area contributed by atoms with E-state index in [4.69, 9.17) is 19.3 Å². The summed E-state index contributed by atoms with van der Waals surface area (Å²) >= 11 is 0. The number of esters is 1. The number of carbonyl (C=O) groups excluding carboxylic acids is 1. The van der Waals surface area contributed by atoms with Crippen LogP contribution in [0.15, 0.2) is 72.8 Å². The molecule has 0 saturated heterocycles. The molecule has 0 aliphatic carbocycles. The van der Waals surface area contributed by atoms with Crippen LogP contribution in [-0.4, -0.2) is 30.6 Å². The molecule has 0 aliphatic rings. The van der Waals surface area contributed by atoms with E-state index >= 15 is 0 Å². The van der Waals surface area contributed by atoms with Gasteiger partial charge in [-0.05, 0) is 91.8 Å². The fraction of sp³-hybridized carbons (Fsp3) is 0.486. The molecule has 42 heavy (non-hydrogen) atoms. The molecule has 0 spiro atoms. The molecule has 0 bridgehead atoms. The first-order chi connectivity index (χ1) is 20.0. The lowest BCUT2D eigenvalue weighted by molar-refractivity contribution is -0.145. The van der Waals surface area contributed by atoms with Gasteiger partial charge in [-0.15, -0.1) is 0 Å². The van der Waals surface area contributed by atoms with Gasteiger partial charge in [0.1, 0.15) is 18.1 Å². The molecule has 0 saturated carbocycles. The van der Waals surface area contributed by atoms with Crippen molar-refractivity contribution in [1.29, 1.82) is 0 Å². The van der Waals surface area contributed by atoms with Crippen molar-refractivity contribution in [2.75, 3.05) is 13.2 Å². The van der Waals surface area contributed by atoms with Crippen molar-refractivity contribution in [3.8, 4) is 11.5 Å². The van der Waals surface area contributed by atoms with Crippen molar-refractivity contribution >= 4 is 5.97 Å². The molecule has 3 aromatic rings. The Morgan fingerprint density at radius 2 is 1.07 bits per heavy atom. The van der Waals surface area contributed by atoms with E-state index in [1.54, 1.807) is 12.1 Å². The summed E-state index contributed by atoms with van der Waals surface area (Å²) in [5.74, 6) is 2.67. The molecule has 1 N–H and O–H groups in total. The molecule has 4 unspecified atom stereocenters. The number of rotatable bonds is 12. The molecular formula is C37H54O5. The highest BCUT2D eigenvalue weighted by molar-refractivity contribution is 5.65. The van der Waals surface area contributed by atoms with Crippen molar-refractivity contribution in [3.05, 3.63) is 95.1 Å². The number of aryl methyl sites for hydroxylation is 1. The van der Waals surface area contributed by atoms with Crippen molar-refractivity contribution in [2.45, 2.75) is 106 Å². The molecule has 3 rings (SSSR count). The van der Waals surface area contributed by atoms with Gasteiger partial charge in [0.25, 0.3) is 0 Å². The molecule has 232 valence electrons. The van der Waals surface area contributed by atoms with Gasteiger partial charge in [0, 0.05) is 6.92 Å². The molecule has 0 radical (unpaired) electrons. The van der Waals surface area contributed by atoms with Crippen LogP contribution in [0, 0.1) is 6.92 Å². The van der Waals surface area contributed by atoms with Gasteiger partial charge in [0.2, 0.25) is 0 Å². The Labute approximate surface area is 255 Å². The Kier molecular flexibility index (Phi) is 18.0. The zero-order valence-corrected chi connectivity index (χ0v) is 27.4. The van der Waals surface area contributed by atoms with Crippen molar-refractivity contribution < 1.29 is 24.1 Å². The topological polar surface area (TPSA) is 65.0 Å². The number of aromatic hydroxyl groups is 1. The first-order valence-corrected chi connectivity index (χ1v) is 15.4. The van der Waals surface area contributed by atoms with Crippen LogP contribution >= 0.6 is 0 Å². The lowest BCUT2D eigenvalue weighted by Gasteiger charge is -2.16. The fourth-order valence-corrected chi connectivity index (χ4v) is 3.91. The standard InChI is InChI=1S/C16H24O4.C11H16.C10H14O/c1-5-12(2)15-6-8-16(9-7-15)20-14(4)19-11-10-18-13(3)17;1-4-10(3)11-7-5-9(2)6-8-11;1-3-8(2)9-4-6-10(11)7-5-9/h6-9,12,14H,5,10-11H2,1-4H3;5-8,10H,4H2,1-3H3;4-8,11H,3H2,1-2H3. The van der Waals surface area contributed by atoms with Crippen molar-refractivity contribution in [1.82, 2.24) is 0 Å². The molecule has 0 aromatic heterocycles. The molecule has 0 aliphatic heterocycles. The van der Waals surface area contributed by atoms with E-state index in [0.717, 1.165) is 18.6 Å². The predicted octanol–water partition coefficient (Wildman–Crippen LogP) is 9.92. The Bertz CT molecular complexity index is 1050. The zero-order chi connectivity index (χ0) is 31.5. The number of benzene rings is 3. The van der Waals surface area contributed by atoms with Gasteiger partial charge in [-0.1, -0.05) is 95.6 Å². The molecule has 0 fully saturated rings. The number of hydrogen-bond acceptors (Lipinski definition) is 5. The number of phenolic OH excluding ortho intramolecular Hbond substituents is 1. The lowest BCUT2D eigenvalue weighted by atomic mass is 9.98. The van der Waals surface area contributed by atoms with Gasteiger partial charge in [0.05, 0.1) is 6.61 Å². The number of hydrogen-bond donors (Lipinski definition) is 1. The van der Waals surface area contributed by atoms with Gasteiger partial charge < -0.3 is 19.3 Å². The maximum absolute atomic E-state index is 10.6. The van der Waals surface area contributed by atoms with E-state index in [1.807, 2.05) is 31.2 Å². The van der Waals surface area contributed by atoms with Crippen LogP contribution in [-0.2, 0) is 14.3 Å². The summed E-state index contributed by atoms with van der Waals surface area (Å²) in [6, 6.07) is 24.3. The molecule has 0 amide bonds. The fourth-order valence-electron chi connectivity index (χ4n) is 3.91. The molecule has 0 heterocycles. The first kappa shape index (κ1) is 36.7. The van der Waals surface area contributed by atoms with Crippen LogP contribution in [0.5, 0.6) is 11.5 Å². The summed E-state index contributed by atoms with van der Waals surface area (Å²) in [6.07, 6.45) is 3.11. The lowest BCUT2D eigenvalue weighted by Crippen LogP contribution is -2.19. The van der Waals surface area contributed by atoms with Crippen LogP contribution in [0.1, 0.15) is 115 Å². The van der Waals surface area contributed by atoms with Crippen LogP contribution in [0.3, 0.4) is 0 Å². The van der Waals surface area contributed by atoms with Gasteiger partial charge in [0.15, 0.2) is 6.29 Å². The molecule has 5 heteroatoms. The minimum atomic E-state index is -0.375. The maximum Gasteiger partial charge on any atom is 0.302 e. The van der Waals surface area contributed by atoms with E-state index in [0.29, 0.717) is 30.1 Å². The number of carbonyl (C=O) groups is 1. The van der Waals surface area contributed by atoms with Crippen molar-refractivity contribution in [3.63, 3.8) is 0 Å². The summed E-state index contributed by atoms with van der Waals surface area (Å²) in [5.41, 5.74) is 5.41. The average molecular weight is 579 g/mol. The minimum absolute atomic E-state index is 0.246. The quantitative estimate of drug-likeness (QED) is 0.132. The summed E-state index contributed by atoms with van der Waals surface area (Å²) in [4.78, 5) is 10.6. The third kappa shape index (κ3) is 15.1. The molecule has 3 aromatic carbocycles. The van der Waals surface area contributed by atoms with E-state index in [1.165, 1.54) is 35.6 Å². The maximum atomic E-state index is 10.6. The predicted molar refractivity (Wildman–Crippen MR) is 175 cm³/mol. The highest BCUT2D eigenvalue weighted by atomic mass is 16.7. The van der Waals surface area contributed by atoms with E-state index in [2.05, 4.69) is 84.9 Å². The second kappa shape index (κ2) is 20.5. The van der Waals surface area contributed by atoms with Crippen LogP contribution < -0.4 is 4.74 Å². The second-order valence-electron chi connectivity index (χ2n) is 10.9. The van der Waals surface area contributed by atoms with E-state index in [-0.39, 0.29) is 18.9 Å². The Balaban J connectivity index is 0.000000340. The molecule has 4 atom stereocenters. The van der Waals surface area contributed by atoms with Gasteiger partial charge in [-0.2, -0.15) is 0 Å². The highest BCUT2D eigenvalue weighted by Crippen LogP contribution is 2.23. The van der Waals surface area contributed by atoms with Gasteiger partial charge >= 0.3 is 5.97 Å². The van der Waals surface area contributed by atoms with E-state index in [9.17, 15) is 4.79 Å². The molecular weight excluding hydrogens is 524 g/mol. The second-order valence-corrected chi connectivity index (χ2v) is 10.9. The van der Waals surface area contributed by atoms with Crippen LogP contribution in [0.2, 0.25) is 0 Å². The Hall–Kier alpha value is -3.31. The van der Waals surface area contributed by atoms with E-state index < -0.39 is 0 Å². The summed E-state index contributed by atoms with van der Waals surface area (Å²) in [7, 11) is 0. The molecule has 5 nitrogen and oxygen atoms in total. The van der Waals surface area contributed by atoms with Crippen LogP contribution in [0.25, 0.3) is 0 Å². The Morgan fingerprint density at radius 1 is 0.667 bits per heavy atom. The number of phenols is 1. The van der Waals surface area contributed by atoms with Gasteiger partial charge in [-0.25, -0.2) is 0 Å². The van der Waals surface area contributed by atoms with Crippen LogP contribution in [0.4, 0.5) is 0 Å². The number of ether oxygens (including phenoxy) is 3. The largest absolute Gasteiger partial charge is 0.508 e. The smallest absolute Gasteiger partial charge is 0.302 e. The third-order valence-electron chi connectivity index (χ3n) is 7.44. The normalized spacial score (nSPS) is 13.3. The minimum Gasteiger partial charge on any atom is -0.508 e. The summed E-state index contributed by atoms with van der Waals surface area (Å²) in [6.45, 7) is 19.1. The zero-order valence-electron chi connectivity index (χ0n) is 27.4.